The van der Waals surface area contributed by atoms with E-state index in [1.807, 2.05) is 48.7 Å². The number of nitrogens with one attached hydrogen (secondary N) is 3. The van der Waals surface area contributed by atoms with Crippen LogP contribution in [0, 0.1) is 0 Å². The van der Waals surface area contributed by atoms with Crippen LogP contribution >= 0.6 is 0 Å². The molecule has 3 heterocycles. The van der Waals surface area contributed by atoms with Crippen molar-refractivity contribution in [1.82, 2.24) is 20.5 Å². The Morgan fingerprint density at radius 3 is 2.80 bits per heavy atom. The quantitative estimate of drug-likeness (QED) is 0.411. The van der Waals surface area contributed by atoms with E-state index in [0.717, 1.165) is 58.1 Å². The number of anilines is 1. The van der Waals surface area contributed by atoms with Crippen LogP contribution in [0.1, 0.15) is 5.56 Å². The van der Waals surface area contributed by atoms with Gasteiger partial charge in [0.2, 0.25) is 0 Å². The van der Waals surface area contributed by atoms with E-state index in [-0.39, 0.29) is 0 Å². The van der Waals surface area contributed by atoms with Crippen molar-refractivity contribution >= 4 is 16.7 Å². The van der Waals surface area contributed by atoms with Gasteiger partial charge in [-0.25, -0.2) is 4.98 Å². The molecule has 2 aromatic carbocycles. The molecule has 7 heteroatoms. The lowest BCUT2D eigenvalue weighted by Gasteiger charge is -2.18. The molecular weight excluding hydrogens is 378 g/mol. The zero-order valence-electron chi connectivity index (χ0n) is 16.5. The van der Waals surface area contributed by atoms with E-state index in [2.05, 4.69) is 37.9 Å². The number of rotatable bonds is 7. The van der Waals surface area contributed by atoms with E-state index >= 15 is 0 Å². The van der Waals surface area contributed by atoms with E-state index in [1.54, 1.807) is 0 Å². The average molecular weight is 401 g/mol. The molecule has 3 N–H and O–H groups in total. The molecule has 0 amide bonds. The summed E-state index contributed by atoms with van der Waals surface area (Å²) in [7, 11) is 0. The minimum atomic E-state index is 0.576. The second-order valence-corrected chi connectivity index (χ2v) is 7.12. The molecule has 4 aromatic rings. The third kappa shape index (κ3) is 3.92. The Bertz CT molecular complexity index is 1160. The second-order valence-electron chi connectivity index (χ2n) is 7.12. The van der Waals surface area contributed by atoms with Crippen molar-refractivity contribution < 1.29 is 9.47 Å². The summed E-state index contributed by atoms with van der Waals surface area (Å²) >= 11 is 0. The first kappa shape index (κ1) is 18.4. The molecule has 7 nitrogen and oxygen atoms in total. The van der Waals surface area contributed by atoms with E-state index in [4.69, 9.17) is 9.47 Å². The molecule has 0 unspecified atom stereocenters. The minimum absolute atomic E-state index is 0.576. The number of aromatic nitrogens is 3. The summed E-state index contributed by atoms with van der Waals surface area (Å²) in [5.74, 6) is 2.45. The first-order valence-corrected chi connectivity index (χ1v) is 10.1. The Morgan fingerprint density at radius 1 is 0.933 bits per heavy atom. The van der Waals surface area contributed by atoms with E-state index < -0.39 is 0 Å². The van der Waals surface area contributed by atoms with Crippen LogP contribution in [0.15, 0.2) is 60.8 Å². The molecule has 1 aliphatic rings. The first-order valence-electron chi connectivity index (χ1n) is 10.1. The Kier molecular flexibility index (Phi) is 5.18. The lowest BCUT2D eigenvalue weighted by atomic mass is 10.1. The summed E-state index contributed by atoms with van der Waals surface area (Å²) in [5.41, 5.74) is 4.13. The van der Waals surface area contributed by atoms with Crippen LogP contribution in [0.5, 0.6) is 11.5 Å². The Hall–Kier alpha value is -3.58. The molecule has 0 fully saturated rings. The van der Waals surface area contributed by atoms with Gasteiger partial charge in [-0.2, -0.15) is 5.10 Å². The standard InChI is InChI=1S/C23H23N5O2/c1-2-4-19-16(3-1)6-8-22(27-19)25-10-9-24-14-18-15-26-28-23(18)17-5-7-20-21(13-17)30-12-11-29-20/h1-8,13,15,24H,9-12,14H2,(H,25,27)(H,26,28). The van der Waals surface area contributed by atoms with Crippen molar-refractivity contribution in [3.8, 4) is 22.8 Å². The molecule has 1 aliphatic heterocycles. The fraction of sp³-hybridized carbons (Fsp3) is 0.217. The van der Waals surface area contributed by atoms with Crippen LogP contribution in [-0.2, 0) is 6.54 Å². The fourth-order valence-corrected chi connectivity index (χ4v) is 3.56. The van der Waals surface area contributed by atoms with Crippen molar-refractivity contribution in [2.24, 2.45) is 0 Å². The van der Waals surface area contributed by atoms with Gasteiger partial charge in [-0.3, -0.25) is 5.10 Å². The molecular formula is C23H23N5O2. The van der Waals surface area contributed by atoms with Crippen LogP contribution in [-0.4, -0.2) is 41.5 Å². The number of hydrogen-bond acceptors (Lipinski definition) is 6. The van der Waals surface area contributed by atoms with Crippen LogP contribution in [0.25, 0.3) is 22.2 Å². The fourth-order valence-electron chi connectivity index (χ4n) is 3.56. The number of H-pyrrole nitrogens is 1. The number of benzene rings is 2. The molecule has 0 saturated carbocycles. The molecule has 0 bridgehead atoms. The third-order valence-electron chi connectivity index (χ3n) is 5.07. The van der Waals surface area contributed by atoms with Gasteiger partial charge in [0.1, 0.15) is 19.0 Å². The van der Waals surface area contributed by atoms with Gasteiger partial charge in [-0.15, -0.1) is 0 Å². The number of aromatic amines is 1. The number of pyridine rings is 1. The van der Waals surface area contributed by atoms with Crippen molar-refractivity contribution in [2.45, 2.75) is 6.54 Å². The molecule has 2 aromatic heterocycles. The van der Waals surface area contributed by atoms with Crippen LogP contribution in [0.4, 0.5) is 5.82 Å². The molecule has 0 saturated heterocycles. The molecule has 5 rings (SSSR count). The van der Waals surface area contributed by atoms with Crippen LogP contribution in [0.3, 0.4) is 0 Å². The minimum Gasteiger partial charge on any atom is -0.486 e. The van der Waals surface area contributed by atoms with Gasteiger partial charge in [0.25, 0.3) is 0 Å². The summed E-state index contributed by atoms with van der Waals surface area (Å²) < 4.78 is 11.3. The summed E-state index contributed by atoms with van der Waals surface area (Å²) in [6, 6.07) is 18.2. The van der Waals surface area contributed by atoms with Crippen molar-refractivity contribution in [2.75, 3.05) is 31.6 Å². The zero-order chi connectivity index (χ0) is 20.2. The largest absolute Gasteiger partial charge is 0.486 e. The normalized spacial score (nSPS) is 12.8. The van der Waals surface area contributed by atoms with Gasteiger partial charge < -0.3 is 20.1 Å². The number of ether oxygens (including phenoxy) is 2. The molecule has 0 radical (unpaired) electrons. The highest BCUT2D eigenvalue weighted by Crippen LogP contribution is 2.34. The highest BCUT2D eigenvalue weighted by molar-refractivity contribution is 5.80. The lowest BCUT2D eigenvalue weighted by Crippen LogP contribution is -2.22. The van der Waals surface area contributed by atoms with E-state index in [0.29, 0.717) is 19.8 Å². The molecule has 0 aliphatic carbocycles. The SMILES string of the molecule is c1ccc2nc(NCCNCc3cn[nH]c3-c3ccc4c(c3)OCCO4)ccc2c1. The first-order chi connectivity index (χ1) is 14.9. The predicted octanol–water partition coefficient (Wildman–Crippen LogP) is 3.60. The maximum absolute atomic E-state index is 5.69. The summed E-state index contributed by atoms with van der Waals surface area (Å²) in [5, 5.41) is 15.3. The summed E-state index contributed by atoms with van der Waals surface area (Å²) in [4.78, 5) is 4.64. The second kappa shape index (κ2) is 8.42. The van der Waals surface area contributed by atoms with E-state index in [9.17, 15) is 0 Å². The smallest absolute Gasteiger partial charge is 0.162 e. The molecule has 0 atom stereocenters. The van der Waals surface area contributed by atoms with Gasteiger partial charge >= 0.3 is 0 Å². The van der Waals surface area contributed by atoms with Crippen molar-refractivity contribution in [3.05, 3.63) is 66.4 Å². The zero-order valence-corrected chi connectivity index (χ0v) is 16.5. The molecule has 152 valence electrons. The maximum atomic E-state index is 5.69. The van der Waals surface area contributed by atoms with Gasteiger partial charge in [0.05, 0.1) is 17.4 Å². The number of para-hydroxylation sites is 1. The highest BCUT2D eigenvalue weighted by Gasteiger charge is 2.15. The maximum Gasteiger partial charge on any atom is 0.162 e. The highest BCUT2D eigenvalue weighted by atomic mass is 16.6. The van der Waals surface area contributed by atoms with Gasteiger partial charge in [0, 0.05) is 36.1 Å². The molecule has 30 heavy (non-hydrogen) atoms. The Morgan fingerprint density at radius 2 is 1.83 bits per heavy atom. The van der Waals surface area contributed by atoms with Crippen LogP contribution < -0.4 is 20.1 Å². The van der Waals surface area contributed by atoms with Crippen molar-refractivity contribution in [1.29, 1.82) is 0 Å². The Labute approximate surface area is 174 Å². The van der Waals surface area contributed by atoms with E-state index in [1.165, 1.54) is 0 Å². The Balaban J connectivity index is 1.16. The van der Waals surface area contributed by atoms with Gasteiger partial charge in [-0.05, 0) is 36.4 Å². The van der Waals surface area contributed by atoms with Crippen molar-refractivity contribution in [3.63, 3.8) is 0 Å². The predicted molar refractivity (Wildman–Crippen MR) is 117 cm³/mol. The lowest BCUT2D eigenvalue weighted by molar-refractivity contribution is 0.171. The number of nitrogens with zero attached hydrogens (tertiary/aromatic N) is 2. The monoisotopic (exact) mass is 401 g/mol. The summed E-state index contributed by atoms with van der Waals surface area (Å²) in [6.45, 7) is 3.47. The number of hydrogen-bond donors (Lipinski definition) is 3. The van der Waals surface area contributed by atoms with Crippen LogP contribution in [0.2, 0.25) is 0 Å². The topological polar surface area (TPSA) is 84.1 Å². The third-order valence-corrected chi connectivity index (χ3v) is 5.07. The molecule has 0 spiro atoms. The van der Waals surface area contributed by atoms with Gasteiger partial charge in [0.15, 0.2) is 11.5 Å². The number of fused-ring (bicyclic) bond motifs is 2. The average Bonchev–Trinajstić information content (AvgIpc) is 3.27. The summed E-state index contributed by atoms with van der Waals surface area (Å²) in [6.07, 6.45) is 1.86. The van der Waals surface area contributed by atoms with Gasteiger partial charge in [-0.1, -0.05) is 18.2 Å².